The highest BCUT2D eigenvalue weighted by atomic mass is 16.7. The van der Waals surface area contributed by atoms with E-state index in [0.717, 1.165) is 5.57 Å². The van der Waals surface area contributed by atoms with Gasteiger partial charge in [-0.1, -0.05) is 19.4 Å². The minimum Gasteiger partial charge on any atom is -0.388 e. The van der Waals surface area contributed by atoms with E-state index < -0.39 is 79.0 Å². The molecule has 2 saturated heterocycles. The summed E-state index contributed by atoms with van der Waals surface area (Å²) in [5.74, 6) is -0.385. The number of carbonyl (C=O) groups excluding carboxylic acids is 1. The van der Waals surface area contributed by atoms with Crippen LogP contribution in [0.2, 0.25) is 0 Å². The van der Waals surface area contributed by atoms with Crippen LogP contribution in [-0.2, 0) is 23.7 Å². The number of ketones is 1. The molecule has 214 valence electrons. The molecule has 0 spiro atoms. The van der Waals surface area contributed by atoms with Gasteiger partial charge in [-0.3, -0.25) is 4.79 Å². The fraction of sp³-hybridized carbons (Fsp3) is 0.880. The number of ether oxygens (including phenoxy) is 4. The smallest absolute Gasteiger partial charge is 0.186 e. The van der Waals surface area contributed by atoms with Gasteiger partial charge in [0.25, 0.3) is 0 Å². The van der Waals surface area contributed by atoms with Gasteiger partial charge in [-0.05, 0) is 45.6 Å². The summed E-state index contributed by atoms with van der Waals surface area (Å²) in [5, 5.41) is 71.4. The number of hydrogen-bond donors (Lipinski definition) is 7. The van der Waals surface area contributed by atoms with Gasteiger partial charge in [-0.25, -0.2) is 0 Å². The van der Waals surface area contributed by atoms with Crippen LogP contribution >= 0.6 is 0 Å². The lowest BCUT2D eigenvalue weighted by Gasteiger charge is -2.43. The third kappa shape index (κ3) is 6.42. The van der Waals surface area contributed by atoms with Gasteiger partial charge >= 0.3 is 0 Å². The zero-order valence-corrected chi connectivity index (χ0v) is 21.9. The van der Waals surface area contributed by atoms with E-state index >= 15 is 0 Å². The van der Waals surface area contributed by atoms with Crippen molar-refractivity contribution in [1.82, 2.24) is 0 Å². The molecule has 7 N–H and O–H groups in total. The molecule has 2 aliphatic heterocycles. The molecule has 1 aliphatic carbocycles. The molecule has 0 radical (unpaired) electrons. The van der Waals surface area contributed by atoms with Gasteiger partial charge in [0.2, 0.25) is 0 Å². The monoisotopic (exact) mass is 534 g/mol. The van der Waals surface area contributed by atoms with E-state index in [1.807, 2.05) is 20.8 Å². The van der Waals surface area contributed by atoms with Crippen molar-refractivity contribution < 1.29 is 59.5 Å². The van der Waals surface area contributed by atoms with Crippen molar-refractivity contribution in [1.29, 1.82) is 0 Å². The average molecular weight is 535 g/mol. The van der Waals surface area contributed by atoms with Gasteiger partial charge < -0.3 is 54.7 Å². The second-order valence-corrected chi connectivity index (χ2v) is 11.1. The normalized spacial score (nSPS) is 45.4. The van der Waals surface area contributed by atoms with Crippen LogP contribution in [0, 0.1) is 11.3 Å². The lowest BCUT2D eigenvalue weighted by atomic mass is 9.65. The molecule has 0 amide bonds. The van der Waals surface area contributed by atoms with E-state index in [1.165, 1.54) is 13.0 Å². The maximum absolute atomic E-state index is 12.0. The Bertz CT molecular complexity index is 817. The zero-order chi connectivity index (χ0) is 27.8. The van der Waals surface area contributed by atoms with Crippen LogP contribution in [0.1, 0.15) is 47.5 Å². The third-order valence-corrected chi connectivity index (χ3v) is 7.92. The number of aliphatic hydroxyl groups is 7. The molecule has 0 aromatic carbocycles. The summed E-state index contributed by atoms with van der Waals surface area (Å²) in [6, 6.07) is 0. The molecule has 2 fully saturated rings. The van der Waals surface area contributed by atoms with Crippen LogP contribution < -0.4 is 0 Å². The van der Waals surface area contributed by atoms with Crippen molar-refractivity contribution in [3.8, 4) is 0 Å². The molecule has 37 heavy (non-hydrogen) atoms. The van der Waals surface area contributed by atoms with Crippen molar-refractivity contribution in [3.05, 3.63) is 11.6 Å². The number of allylic oxidation sites excluding steroid dienone is 1. The van der Waals surface area contributed by atoms with Gasteiger partial charge in [0.05, 0.1) is 18.8 Å². The minimum absolute atomic E-state index is 0.0739. The van der Waals surface area contributed by atoms with Crippen LogP contribution in [-0.4, -0.2) is 122 Å². The molecule has 12 heteroatoms. The molecule has 0 bridgehead atoms. The molecule has 3 rings (SSSR count). The van der Waals surface area contributed by atoms with Crippen LogP contribution in [0.4, 0.5) is 0 Å². The van der Waals surface area contributed by atoms with Crippen molar-refractivity contribution in [2.45, 2.75) is 121 Å². The van der Waals surface area contributed by atoms with Crippen LogP contribution in [0.5, 0.6) is 0 Å². The molecule has 0 aromatic heterocycles. The highest BCUT2D eigenvalue weighted by molar-refractivity contribution is 5.95. The first-order valence-electron chi connectivity index (χ1n) is 12.7. The average Bonchev–Trinajstić information content (AvgIpc) is 2.83. The summed E-state index contributed by atoms with van der Waals surface area (Å²) in [6.45, 7) is 8.42. The Balaban J connectivity index is 1.57. The SMILES string of the molecule is CC1=CC(=O)[C@@H](O)C(C)(C)[C@H]1CC[C@@H](C)O[C@@H]1O[C@H](CO[C@@H]2O[C@@H](C)[C@H](O)[C@@H](O)[C@H]2O)[C@@H](O)[C@H](O)[C@H]1O. The summed E-state index contributed by atoms with van der Waals surface area (Å²) in [4.78, 5) is 12.0. The van der Waals surface area contributed by atoms with Crippen LogP contribution in [0.25, 0.3) is 0 Å². The van der Waals surface area contributed by atoms with Crippen molar-refractivity contribution in [2.24, 2.45) is 11.3 Å². The number of aliphatic hydroxyl groups excluding tert-OH is 7. The van der Waals surface area contributed by atoms with E-state index in [4.69, 9.17) is 18.9 Å². The fourth-order valence-electron chi connectivity index (χ4n) is 5.35. The highest BCUT2D eigenvalue weighted by Crippen LogP contribution is 2.43. The Morgan fingerprint density at radius 2 is 1.51 bits per heavy atom. The van der Waals surface area contributed by atoms with E-state index in [0.29, 0.717) is 12.8 Å². The first-order valence-corrected chi connectivity index (χ1v) is 12.7. The molecule has 3 aliphatic rings. The second-order valence-electron chi connectivity index (χ2n) is 11.1. The summed E-state index contributed by atoms with van der Waals surface area (Å²) in [6.07, 6.45) is -12.6. The lowest BCUT2D eigenvalue weighted by molar-refractivity contribution is -0.332. The standard InChI is InChI=1S/C25H42O12/c1-10-8-14(26)22(33)25(4,5)13(10)7-6-11(2)35-24-21(32)19(30)17(28)15(37-24)9-34-23-20(31)18(29)16(27)12(3)36-23/h8,11-13,15-24,27-33H,6-7,9H2,1-5H3/t11-,12+,13+,15-,16+,17-,18-,19+,20-,21-,22-,23-,24-/m1/s1. The first kappa shape index (κ1) is 30.5. The quantitative estimate of drug-likeness (QED) is 0.188. The predicted octanol–water partition coefficient (Wildman–Crippen LogP) is -1.64. The molecule has 0 unspecified atom stereocenters. The van der Waals surface area contributed by atoms with Crippen LogP contribution in [0.3, 0.4) is 0 Å². The van der Waals surface area contributed by atoms with E-state index in [2.05, 4.69) is 0 Å². The van der Waals surface area contributed by atoms with Gasteiger partial charge in [-0.2, -0.15) is 0 Å². The molecule has 0 aromatic rings. The van der Waals surface area contributed by atoms with Crippen molar-refractivity contribution >= 4 is 5.78 Å². The molecule has 12 nitrogen and oxygen atoms in total. The topological polar surface area (TPSA) is 196 Å². The Hall–Kier alpha value is -1.03. The summed E-state index contributed by atoms with van der Waals surface area (Å²) < 4.78 is 22.4. The molecule has 2 heterocycles. The van der Waals surface area contributed by atoms with E-state index in [-0.39, 0.29) is 18.3 Å². The van der Waals surface area contributed by atoms with Gasteiger partial charge in [0, 0.05) is 5.41 Å². The Morgan fingerprint density at radius 3 is 2.16 bits per heavy atom. The Labute approximate surface area is 216 Å². The summed E-state index contributed by atoms with van der Waals surface area (Å²) in [5.41, 5.74) is 0.211. The second kappa shape index (κ2) is 12.0. The molecule has 0 saturated carbocycles. The first-order chi connectivity index (χ1) is 17.2. The zero-order valence-electron chi connectivity index (χ0n) is 21.9. The lowest BCUT2D eigenvalue weighted by Crippen LogP contribution is -2.61. The molecular formula is C25H42O12. The fourth-order valence-corrected chi connectivity index (χ4v) is 5.35. The molecule has 13 atom stereocenters. The maximum atomic E-state index is 12.0. The van der Waals surface area contributed by atoms with Gasteiger partial charge in [0.15, 0.2) is 18.4 Å². The van der Waals surface area contributed by atoms with Crippen molar-refractivity contribution in [2.75, 3.05) is 6.61 Å². The predicted molar refractivity (Wildman–Crippen MR) is 127 cm³/mol. The Kier molecular flexibility index (Phi) is 9.90. The summed E-state index contributed by atoms with van der Waals surface area (Å²) in [7, 11) is 0. The number of carbonyl (C=O) groups is 1. The van der Waals surface area contributed by atoms with Crippen molar-refractivity contribution in [3.63, 3.8) is 0 Å². The summed E-state index contributed by atoms with van der Waals surface area (Å²) >= 11 is 0. The largest absolute Gasteiger partial charge is 0.388 e. The van der Waals surface area contributed by atoms with Gasteiger partial charge in [0.1, 0.15) is 48.8 Å². The minimum atomic E-state index is -1.60. The third-order valence-electron chi connectivity index (χ3n) is 7.92. The Morgan fingerprint density at radius 1 is 0.919 bits per heavy atom. The van der Waals surface area contributed by atoms with E-state index in [1.54, 1.807) is 6.92 Å². The maximum Gasteiger partial charge on any atom is 0.186 e. The number of rotatable bonds is 8. The van der Waals surface area contributed by atoms with E-state index in [9.17, 15) is 40.5 Å². The highest BCUT2D eigenvalue weighted by Gasteiger charge is 2.48. The molecular weight excluding hydrogens is 492 g/mol. The van der Waals surface area contributed by atoms with Crippen LogP contribution in [0.15, 0.2) is 11.6 Å². The van der Waals surface area contributed by atoms with Gasteiger partial charge in [-0.15, -0.1) is 0 Å². The number of hydrogen-bond acceptors (Lipinski definition) is 12.